The van der Waals surface area contributed by atoms with Crippen molar-refractivity contribution >= 4 is 23.6 Å². The number of carbonyl (C=O) groups is 3. The zero-order chi connectivity index (χ0) is 24.1. The predicted molar refractivity (Wildman–Crippen MR) is 128 cm³/mol. The van der Waals surface area contributed by atoms with Gasteiger partial charge in [0.25, 0.3) is 0 Å². The molecule has 3 rings (SSSR count). The van der Waals surface area contributed by atoms with E-state index in [1.165, 1.54) is 4.90 Å². The van der Waals surface area contributed by atoms with E-state index < -0.39 is 18.2 Å². The van der Waals surface area contributed by atoms with Gasteiger partial charge in [-0.3, -0.25) is 14.5 Å². The predicted octanol–water partition coefficient (Wildman–Crippen LogP) is 4.52. The van der Waals surface area contributed by atoms with Gasteiger partial charge in [0.1, 0.15) is 0 Å². The van der Waals surface area contributed by atoms with Crippen LogP contribution in [0.25, 0.3) is 0 Å². The Hall–Kier alpha value is -3.35. The molecule has 7 nitrogen and oxygen atoms in total. The number of carbonyl (C=O) groups excluding carboxylic acids is 3. The quantitative estimate of drug-likeness (QED) is 0.640. The van der Waals surface area contributed by atoms with Gasteiger partial charge in [0.2, 0.25) is 11.8 Å². The Kier molecular flexibility index (Phi) is 7.74. The Labute approximate surface area is 195 Å². The number of nitrogens with zero attached hydrogens (tertiary/aromatic N) is 2. The topological polar surface area (TPSA) is 79.0 Å². The Morgan fingerprint density at radius 3 is 2.36 bits per heavy atom. The van der Waals surface area contributed by atoms with Crippen LogP contribution in [0, 0.1) is 12.8 Å². The lowest BCUT2D eigenvalue weighted by Gasteiger charge is -2.29. The molecule has 1 N–H and O–H groups in total. The molecule has 2 unspecified atom stereocenters. The minimum atomic E-state index is -0.797. The van der Waals surface area contributed by atoms with Crippen LogP contribution in [0.3, 0.4) is 0 Å². The molecule has 0 saturated carbocycles. The van der Waals surface area contributed by atoms with Gasteiger partial charge in [0, 0.05) is 24.7 Å². The Bertz CT molecular complexity index is 999. The molecule has 1 aliphatic rings. The summed E-state index contributed by atoms with van der Waals surface area (Å²) in [6.45, 7) is 10.8. The summed E-state index contributed by atoms with van der Waals surface area (Å²) in [5, 5.41) is 2.87. The molecule has 33 heavy (non-hydrogen) atoms. The van der Waals surface area contributed by atoms with Crippen LogP contribution in [0.2, 0.25) is 0 Å². The molecule has 3 amide bonds. The normalized spacial score (nSPS) is 17.8. The second-order valence-electron chi connectivity index (χ2n) is 8.64. The van der Waals surface area contributed by atoms with E-state index >= 15 is 0 Å². The first-order chi connectivity index (χ1) is 15.7. The summed E-state index contributed by atoms with van der Waals surface area (Å²) in [5.41, 5.74) is 3.32. The number of benzene rings is 2. The number of hydrogen-bond acceptors (Lipinski definition) is 4. The fourth-order valence-electron chi connectivity index (χ4n) is 3.89. The monoisotopic (exact) mass is 451 g/mol. The van der Waals surface area contributed by atoms with E-state index in [1.54, 1.807) is 23.1 Å². The summed E-state index contributed by atoms with van der Waals surface area (Å²) in [6.07, 6.45) is -1.30. The summed E-state index contributed by atoms with van der Waals surface area (Å²) in [4.78, 5) is 41.9. The molecule has 0 aromatic heterocycles. The standard InChI is InChI=1S/C26H33N3O4/c1-6-28(7-2)25(31)22-23(20-9-8-10-21(15-20)27-24(30)17(3)4)33-26(32)29(22)16-19-13-11-18(5)12-14-19/h8-15,17,22-23H,6-7,16H2,1-5H3,(H,27,30). The number of cyclic esters (lactones) is 1. The maximum atomic E-state index is 13.5. The summed E-state index contributed by atoms with van der Waals surface area (Å²) >= 11 is 0. The molecule has 7 heteroatoms. The third kappa shape index (κ3) is 5.53. The van der Waals surface area contributed by atoms with Crippen LogP contribution < -0.4 is 5.32 Å². The number of nitrogens with one attached hydrogen (secondary N) is 1. The maximum Gasteiger partial charge on any atom is 0.411 e. The summed E-state index contributed by atoms with van der Waals surface area (Å²) in [7, 11) is 0. The Morgan fingerprint density at radius 2 is 1.76 bits per heavy atom. The minimum Gasteiger partial charge on any atom is -0.438 e. The molecule has 1 fully saturated rings. The first-order valence-corrected chi connectivity index (χ1v) is 11.5. The van der Waals surface area contributed by atoms with Crippen molar-refractivity contribution in [3.63, 3.8) is 0 Å². The lowest BCUT2D eigenvalue weighted by molar-refractivity contribution is -0.136. The molecule has 0 aliphatic carbocycles. The van der Waals surface area contributed by atoms with Crippen LogP contribution in [-0.4, -0.2) is 46.8 Å². The fraction of sp³-hybridized carbons (Fsp3) is 0.423. The van der Waals surface area contributed by atoms with Crippen molar-refractivity contribution in [1.82, 2.24) is 9.80 Å². The average Bonchev–Trinajstić information content (AvgIpc) is 3.12. The lowest BCUT2D eigenvalue weighted by atomic mass is 9.99. The number of amides is 3. The second kappa shape index (κ2) is 10.5. The van der Waals surface area contributed by atoms with Gasteiger partial charge >= 0.3 is 6.09 Å². The van der Waals surface area contributed by atoms with Crippen LogP contribution >= 0.6 is 0 Å². The zero-order valence-corrected chi connectivity index (χ0v) is 20.0. The smallest absolute Gasteiger partial charge is 0.411 e. The number of ether oxygens (including phenoxy) is 1. The van der Waals surface area contributed by atoms with Gasteiger partial charge in [0.15, 0.2) is 12.1 Å². The van der Waals surface area contributed by atoms with E-state index in [0.717, 1.165) is 11.1 Å². The van der Waals surface area contributed by atoms with Crippen molar-refractivity contribution in [2.45, 2.75) is 53.3 Å². The van der Waals surface area contributed by atoms with Crippen LogP contribution in [0.4, 0.5) is 10.5 Å². The van der Waals surface area contributed by atoms with Crippen molar-refractivity contribution in [2.75, 3.05) is 18.4 Å². The molecule has 1 heterocycles. The number of aryl methyl sites for hydroxylation is 1. The second-order valence-corrected chi connectivity index (χ2v) is 8.64. The highest BCUT2D eigenvalue weighted by atomic mass is 16.6. The molecule has 176 valence electrons. The van der Waals surface area contributed by atoms with Gasteiger partial charge in [0.05, 0.1) is 6.54 Å². The van der Waals surface area contributed by atoms with Crippen molar-refractivity contribution in [3.8, 4) is 0 Å². The third-order valence-electron chi connectivity index (χ3n) is 5.89. The molecule has 0 spiro atoms. The first-order valence-electron chi connectivity index (χ1n) is 11.5. The highest BCUT2D eigenvalue weighted by Crippen LogP contribution is 2.36. The van der Waals surface area contributed by atoms with Crippen LogP contribution in [-0.2, 0) is 20.9 Å². The maximum absolute atomic E-state index is 13.5. The van der Waals surface area contributed by atoms with Crippen molar-refractivity contribution in [1.29, 1.82) is 0 Å². The molecule has 1 saturated heterocycles. The van der Waals surface area contributed by atoms with E-state index in [1.807, 2.05) is 65.0 Å². The van der Waals surface area contributed by atoms with E-state index in [2.05, 4.69) is 5.32 Å². The number of anilines is 1. The largest absolute Gasteiger partial charge is 0.438 e. The molecule has 2 atom stereocenters. The van der Waals surface area contributed by atoms with E-state index in [4.69, 9.17) is 4.74 Å². The van der Waals surface area contributed by atoms with Crippen molar-refractivity contribution in [3.05, 3.63) is 65.2 Å². The van der Waals surface area contributed by atoms with E-state index in [9.17, 15) is 14.4 Å². The lowest BCUT2D eigenvalue weighted by Crippen LogP contribution is -2.48. The van der Waals surface area contributed by atoms with E-state index in [-0.39, 0.29) is 24.3 Å². The fourth-order valence-corrected chi connectivity index (χ4v) is 3.89. The Balaban J connectivity index is 1.95. The molecule has 2 aromatic rings. The molecular weight excluding hydrogens is 418 g/mol. The third-order valence-corrected chi connectivity index (χ3v) is 5.89. The summed E-state index contributed by atoms with van der Waals surface area (Å²) in [6, 6.07) is 14.2. The van der Waals surface area contributed by atoms with Gasteiger partial charge in [-0.05, 0) is 44.0 Å². The van der Waals surface area contributed by atoms with Gasteiger partial charge in [-0.2, -0.15) is 0 Å². The molecule has 0 bridgehead atoms. The molecule has 0 radical (unpaired) electrons. The van der Waals surface area contributed by atoms with E-state index in [0.29, 0.717) is 24.3 Å². The highest BCUT2D eigenvalue weighted by molar-refractivity contribution is 5.92. The average molecular weight is 452 g/mol. The van der Waals surface area contributed by atoms with Gasteiger partial charge in [-0.15, -0.1) is 0 Å². The van der Waals surface area contributed by atoms with Crippen LogP contribution in [0.1, 0.15) is 50.5 Å². The first kappa shape index (κ1) is 24.3. The van der Waals surface area contributed by atoms with Crippen molar-refractivity contribution in [2.24, 2.45) is 5.92 Å². The number of rotatable bonds is 8. The number of hydrogen-bond donors (Lipinski definition) is 1. The zero-order valence-electron chi connectivity index (χ0n) is 20.0. The minimum absolute atomic E-state index is 0.104. The highest BCUT2D eigenvalue weighted by Gasteiger charge is 2.48. The van der Waals surface area contributed by atoms with Gasteiger partial charge in [-0.25, -0.2) is 4.79 Å². The number of likely N-dealkylation sites (N-methyl/N-ethyl adjacent to an activating group) is 1. The summed E-state index contributed by atoms with van der Waals surface area (Å²) in [5.74, 6) is -0.424. The van der Waals surface area contributed by atoms with Crippen molar-refractivity contribution < 1.29 is 19.1 Å². The Morgan fingerprint density at radius 1 is 1.09 bits per heavy atom. The van der Waals surface area contributed by atoms with Gasteiger partial charge in [-0.1, -0.05) is 55.8 Å². The molecular formula is C26H33N3O4. The van der Waals surface area contributed by atoms with Crippen LogP contribution in [0.5, 0.6) is 0 Å². The SMILES string of the molecule is CCN(CC)C(=O)C1C(c2cccc(NC(=O)C(C)C)c2)OC(=O)N1Cc1ccc(C)cc1. The molecule has 1 aliphatic heterocycles. The van der Waals surface area contributed by atoms with Crippen LogP contribution in [0.15, 0.2) is 48.5 Å². The van der Waals surface area contributed by atoms with Gasteiger partial charge < -0.3 is 15.0 Å². The molecule has 2 aromatic carbocycles. The summed E-state index contributed by atoms with van der Waals surface area (Å²) < 4.78 is 5.76.